The lowest BCUT2D eigenvalue weighted by atomic mass is 10.4. The molecule has 7 heteroatoms. The highest BCUT2D eigenvalue weighted by Crippen LogP contribution is 1.95. The van der Waals surface area contributed by atoms with Crippen molar-refractivity contribution in [3.8, 4) is 0 Å². The molecule has 7 nitrogen and oxygen atoms in total. The summed E-state index contributed by atoms with van der Waals surface area (Å²) in [5, 5.41) is 7.28. The highest BCUT2D eigenvalue weighted by atomic mass is 16.5. The predicted molar refractivity (Wildman–Crippen MR) is 62.0 cm³/mol. The molecule has 0 aliphatic rings. The van der Waals surface area contributed by atoms with Crippen LogP contribution in [0.15, 0.2) is 6.33 Å². The van der Waals surface area contributed by atoms with E-state index in [-0.39, 0.29) is 6.61 Å². The summed E-state index contributed by atoms with van der Waals surface area (Å²) in [6.45, 7) is 4.66. The third kappa shape index (κ3) is 5.41. The zero-order chi connectivity index (χ0) is 12.5. The van der Waals surface area contributed by atoms with Crippen LogP contribution in [-0.4, -0.2) is 40.4 Å². The van der Waals surface area contributed by atoms with E-state index in [1.807, 2.05) is 4.68 Å². The van der Waals surface area contributed by atoms with Gasteiger partial charge in [-0.3, -0.25) is 4.79 Å². The minimum absolute atomic E-state index is 0.0340. The van der Waals surface area contributed by atoms with Gasteiger partial charge in [0.25, 0.3) is 0 Å². The van der Waals surface area contributed by atoms with Crippen molar-refractivity contribution in [2.45, 2.75) is 26.4 Å². The Morgan fingerprint density at radius 3 is 3.18 bits per heavy atom. The van der Waals surface area contributed by atoms with Crippen molar-refractivity contribution in [1.29, 1.82) is 0 Å². The quantitative estimate of drug-likeness (QED) is 0.556. The summed E-state index contributed by atoms with van der Waals surface area (Å²) in [5.41, 5.74) is 4.93. The first-order chi connectivity index (χ1) is 8.24. The number of nitrogens with two attached hydrogens (primary N) is 1. The second-order valence-electron chi connectivity index (χ2n) is 3.60. The molecule has 1 aromatic heterocycles. The zero-order valence-corrected chi connectivity index (χ0v) is 10.1. The molecule has 0 aliphatic heterocycles. The Bertz CT molecular complexity index is 339. The number of primary amides is 1. The maximum absolute atomic E-state index is 10.4. The van der Waals surface area contributed by atoms with Gasteiger partial charge in [-0.05, 0) is 6.42 Å². The first kappa shape index (κ1) is 13.6. The van der Waals surface area contributed by atoms with Gasteiger partial charge in [0.2, 0.25) is 5.91 Å². The van der Waals surface area contributed by atoms with Gasteiger partial charge in [-0.25, -0.2) is 9.67 Å². The third-order valence-electron chi connectivity index (χ3n) is 2.08. The summed E-state index contributed by atoms with van der Waals surface area (Å²) in [6, 6.07) is 0. The van der Waals surface area contributed by atoms with Crippen LogP contribution >= 0.6 is 0 Å². The average Bonchev–Trinajstić information content (AvgIpc) is 2.71. The van der Waals surface area contributed by atoms with E-state index in [1.165, 1.54) is 0 Å². The smallest absolute Gasteiger partial charge is 0.243 e. The Balaban J connectivity index is 2.13. The van der Waals surface area contributed by atoms with Crippen LogP contribution < -0.4 is 11.1 Å². The second-order valence-corrected chi connectivity index (χ2v) is 3.60. The van der Waals surface area contributed by atoms with Crippen molar-refractivity contribution in [3.63, 3.8) is 0 Å². The Hall–Kier alpha value is -1.47. The summed E-state index contributed by atoms with van der Waals surface area (Å²) in [4.78, 5) is 14.5. The van der Waals surface area contributed by atoms with Gasteiger partial charge in [0.05, 0.1) is 13.2 Å². The summed E-state index contributed by atoms with van der Waals surface area (Å²) in [7, 11) is 0. The molecule has 0 spiro atoms. The van der Waals surface area contributed by atoms with Gasteiger partial charge in [-0.15, -0.1) is 0 Å². The second kappa shape index (κ2) is 7.75. The molecule has 0 saturated carbocycles. The van der Waals surface area contributed by atoms with Crippen molar-refractivity contribution < 1.29 is 9.53 Å². The van der Waals surface area contributed by atoms with Crippen LogP contribution in [0, 0.1) is 0 Å². The third-order valence-corrected chi connectivity index (χ3v) is 2.08. The van der Waals surface area contributed by atoms with Crippen LogP contribution in [0.2, 0.25) is 0 Å². The van der Waals surface area contributed by atoms with E-state index in [4.69, 9.17) is 10.5 Å². The molecule has 0 fully saturated rings. The van der Waals surface area contributed by atoms with Crippen LogP contribution in [0.25, 0.3) is 0 Å². The van der Waals surface area contributed by atoms with E-state index >= 15 is 0 Å². The van der Waals surface area contributed by atoms with Gasteiger partial charge >= 0.3 is 0 Å². The van der Waals surface area contributed by atoms with Crippen LogP contribution in [0.5, 0.6) is 0 Å². The SMILES string of the molecule is CCCn1ncnc1CNCCOCC(N)=O. The molecule has 3 N–H and O–H groups in total. The molecule has 1 rings (SSSR count). The lowest BCUT2D eigenvalue weighted by molar-refractivity contribution is -0.122. The fourth-order valence-corrected chi connectivity index (χ4v) is 1.34. The van der Waals surface area contributed by atoms with Crippen molar-refractivity contribution >= 4 is 5.91 Å². The van der Waals surface area contributed by atoms with Crippen molar-refractivity contribution in [2.75, 3.05) is 19.8 Å². The number of nitrogens with one attached hydrogen (secondary N) is 1. The standard InChI is InChI=1S/C10H19N5O2/c1-2-4-15-10(13-8-14-15)6-12-3-5-17-7-9(11)16/h8,12H,2-7H2,1H3,(H2,11,16). The lowest BCUT2D eigenvalue weighted by Crippen LogP contribution is -2.25. The molecule has 0 unspecified atom stereocenters. The predicted octanol–water partition coefficient (Wildman–Crippen LogP) is -0.720. The zero-order valence-electron chi connectivity index (χ0n) is 10.1. The van der Waals surface area contributed by atoms with Crippen molar-refractivity contribution in [1.82, 2.24) is 20.1 Å². The highest BCUT2D eigenvalue weighted by Gasteiger charge is 2.02. The number of hydrogen-bond donors (Lipinski definition) is 2. The van der Waals surface area contributed by atoms with Gasteiger partial charge in [0, 0.05) is 13.1 Å². The maximum Gasteiger partial charge on any atom is 0.243 e. The molecule has 0 aromatic carbocycles. The molecule has 1 aromatic rings. The Labute approximate surface area is 100 Å². The van der Waals surface area contributed by atoms with E-state index in [0.29, 0.717) is 19.7 Å². The van der Waals surface area contributed by atoms with Crippen LogP contribution in [0.1, 0.15) is 19.2 Å². The number of aryl methyl sites for hydroxylation is 1. The molecule has 0 saturated heterocycles. The lowest BCUT2D eigenvalue weighted by Gasteiger charge is -2.06. The van der Waals surface area contributed by atoms with Crippen LogP contribution in [0.4, 0.5) is 0 Å². The molecule has 17 heavy (non-hydrogen) atoms. The Morgan fingerprint density at radius 2 is 2.47 bits per heavy atom. The van der Waals surface area contributed by atoms with Crippen LogP contribution in [0.3, 0.4) is 0 Å². The molecule has 0 radical (unpaired) electrons. The number of rotatable bonds is 9. The normalized spacial score (nSPS) is 10.6. The van der Waals surface area contributed by atoms with Gasteiger partial charge in [-0.2, -0.15) is 5.10 Å². The van der Waals surface area contributed by atoms with E-state index in [0.717, 1.165) is 18.8 Å². The minimum atomic E-state index is -0.451. The summed E-state index contributed by atoms with van der Waals surface area (Å²) < 4.78 is 6.88. The van der Waals surface area contributed by atoms with Gasteiger partial charge in [0.15, 0.2) is 0 Å². The fourth-order valence-electron chi connectivity index (χ4n) is 1.34. The molecule has 1 heterocycles. The molecular formula is C10H19N5O2. The number of hydrogen-bond acceptors (Lipinski definition) is 5. The first-order valence-corrected chi connectivity index (χ1v) is 5.67. The van der Waals surface area contributed by atoms with Gasteiger partial charge in [0.1, 0.15) is 18.8 Å². The van der Waals surface area contributed by atoms with Crippen molar-refractivity contribution in [2.24, 2.45) is 5.73 Å². The van der Waals surface area contributed by atoms with Gasteiger partial charge < -0.3 is 15.8 Å². The average molecular weight is 241 g/mol. The largest absolute Gasteiger partial charge is 0.370 e. The molecule has 1 amide bonds. The maximum atomic E-state index is 10.4. The summed E-state index contributed by atoms with van der Waals surface area (Å²) in [6.07, 6.45) is 2.58. The van der Waals surface area contributed by atoms with E-state index in [1.54, 1.807) is 6.33 Å². The van der Waals surface area contributed by atoms with Crippen LogP contribution in [-0.2, 0) is 22.6 Å². The number of carbonyl (C=O) groups is 1. The van der Waals surface area contributed by atoms with E-state index in [2.05, 4.69) is 22.3 Å². The number of ether oxygens (including phenoxy) is 1. The Kier molecular flexibility index (Phi) is 6.19. The topological polar surface area (TPSA) is 95.1 Å². The summed E-state index contributed by atoms with van der Waals surface area (Å²) in [5.74, 6) is 0.453. The number of nitrogens with zero attached hydrogens (tertiary/aromatic N) is 3. The fraction of sp³-hybridized carbons (Fsp3) is 0.700. The number of aromatic nitrogens is 3. The molecular weight excluding hydrogens is 222 g/mol. The first-order valence-electron chi connectivity index (χ1n) is 5.67. The summed E-state index contributed by atoms with van der Waals surface area (Å²) >= 11 is 0. The number of carbonyl (C=O) groups excluding carboxylic acids is 1. The van der Waals surface area contributed by atoms with Crippen molar-refractivity contribution in [3.05, 3.63) is 12.2 Å². The highest BCUT2D eigenvalue weighted by molar-refractivity contribution is 5.74. The minimum Gasteiger partial charge on any atom is -0.370 e. The molecule has 0 atom stereocenters. The molecule has 96 valence electrons. The number of amides is 1. The molecule has 0 aliphatic carbocycles. The Morgan fingerprint density at radius 1 is 1.65 bits per heavy atom. The van der Waals surface area contributed by atoms with E-state index in [9.17, 15) is 4.79 Å². The molecule has 0 bridgehead atoms. The van der Waals surface area contributed by atoms with E-state index < -0.39 is 5.91 Å². The van der Waals surface area contributed by atoms with Gasteiger partial charge in [-0.1, -0.05) is 6.92 Å². The monoisotopic (exact) mass is 241 g/mol.